The van der Waals surface area contributed by atoms with Gasteiger partial charge < -0.3 is 10.6 Å². The summed E-state index contributed by atoms with van der Waals surface area (Å²) in [6, 6.07) is 1.09. The number of amides is 2. The lowest BCUT2D eigenvalue weighted by atomic mass is 10.1. The molecule has 0 aromatic carbocycles. The van der Waals surface area contributed by atoms with Gasteiger partial charge in [-0.25, -0.2) is 0 Å². The Hall–Kier alpha value is -1.85. The number of carbonyl (C=O) groups is 2. The molecule has 1 unspecified atom stereocenters. The van der Waals surface area contributed by atoms with E-state index in [9.17, 15) is 9.59 Å². The maximum Gasteiger partial charge on any atom is 0.270 e. The van der Waals surface area contributed by atoms with Crippen LogP contribution in [0.1, 0.15) is 43.9 Å². The van der Waals surface area contributed by atoms with Crippen molar-refractivity contribution in [3.05, 3.63) is 17.5 Å². The van der Waals surface area contributed by atoms with E-state index in [1.54, 1.807) is 20.0 Å². The number of aryl methyl sites for hydroxylation is 2. The SMILES string of the molecule is Cc1cc(C(=O)NC(C)C(=O)NC(C)(C)C)n(C)n1. The van der Waals surface area contributed by atoms with Crippen LogP contribution in [0, 0.1) is 6.92 Å². The second kappa shape index (κ2) is 5.42. The van der Waals surface area contributed by atoms with Crippen molar-refractivity contribution >= 4 is 11.8 Å². The first-order valence-electron chi connectivity index (χ1n) is 6.23. The van der Waals surface area contributed by atoms with E-state index in [0.29, 0.717) is 5.69 Å². The minimum Gasteiger partial charge on any atom is -0.350 e. The molecule has 1 heterocycles. The zero-order valence-electron chi connectivity index (χ0n) is 12.4. The van der Waals surface area contributed by atoms with Crippen LogP contribution in [0.5, 0.6) is 0 Å². The Morgan fingerprint density at radius 2 is 1.95 bits per heavy atom. The van der Waals surface area contributed by atoms with E-state index < -0.39 is 6.04 Å². The Morgan fingerprint density at radius 3 is 2.37 bits per heavy atom. The highest BCUT2D eigenvalue weighted by molar-refractivity contribution is 5.96. The lowest BCUT2D eigenvalue weighted by molar-refractivity contribution is -0.124. The van der Waals surface area contributed by atoms with Crippen molar-refractivity contribution in [2.75, 3.05) is 0 Å². The number of rotatable bonds is 3. The standard InChI is InChI=1S/C13H22N4O2/c1-8-7-10(17(6)16-8)12(19)14-9(2)11(18)15-13(3,4)5/h7,9H,1-6H3,(H,14,19)(H,15,18). The number of nitrogens with one attached hydrogen (secondary N) is 2. The van der Waals surface area contributed by atoms with Crippen molar-refractivity contribution in [1.82, 2.24) is 20.4 Å². The van der Waals surface area contributed by atoms with Crippen LogP contribution in [-0.2, 0) is 11.8 Å². The number of carbonyl (C=O) groups excluding carboxylic acids is 2. The third-order valence-corrected chi connectivity index (χ3v) is 2.47. The Labute approximate surface area is 113 Å². The Balaban J connectivity index is 2.67. The molecular weight excluding hydrogens is 244 g/mol. The Morgan fingerprint density at radius 1 is 1.37 bits per heavy atom. The molecule has 19 heavy (non-hydrogen) atoms. The highest BCUT2D eigenvalue weighted by Crippen LogP contribution is 2.03. The van der Waals surface area contributed by atoms with Gasteiger partial charge in [0.25, 0.3) is 5.91 Å². The molecule has 0 bridgehead atoms. The summed E-state index contributed by atoms with van der Waals surface area (Å²) in [6.45, 7) is 9.15. The number of hydrogen-bond donors (Lipinski definition) is 2. The van der Waals surface area contributed by atoms with Gasteiger partial charge in [0, 0.05) is 12.6 Å². The highest BCUT2D eigenvalue weighted by Gasteiger charge is 2.22. The van der Waals surface area contributed by atoms with Crippen LogP contribution in [0.15, 0.2) is 6.07 Å². The van der Waals surface area contributed by atoms with Crippen LogP contribution in [-0.4, -0.2) is 33.2 Å². The topological polar surface area (TPSA) is 76.0 Å². The van der Waals surface area contributed by atoms with Gasteiger partial charge in [0.15, 0.2) is 0 Å². The van der Waals surface area contributed by atoms with Crippen LogP contribution in [0.3, 0.4) is 0 Å². The molecular formula is C13H22N4O2. The predicted octanol–water partition coefficient (Wildman–Crippen LogP) is 0.762. The van der Waals surface area contributed by atoms with E-state index in [1.165, 1.54) is 4.68 Å². The van der Waals surface area contributed by atoms with Crippen molar-refractivity contribution < 1.29 is 9.59 Å². The first-order chi connectivity index (χ1) is 8.60. The lowest BCUT2D eigenvalue weighted by Crippen LogP contribution is -2.51. The lowest BCUT2D eigenvalue weighted by Gasteiger charge is -2.23. The molecule has 6 heteroatoms. The highest BCUT2D eigenvalue weighted by atomic mass is 16.2. The summed E-state index contributed by atoms with van der Waals surface area (Å²) in [6.07, 6.45) is 0. The van der Waals surface area contributed by atoms with E-state index >= 15 is 0 Å². The van der Waals surface area contributed by atoms with Crippen molar-refractivity contribution in [2.45, 2.75) is 46.2 Å². The minimum atomic E-state index is -0.595. The van der Waals surface area contributed by atoms with Crippen molar-refractivity contribution in [3.8, 4) is 0 Å². The van der Waals surface area contributed by atoms with E-state index in [0.717, 1.165) is 5.69 Å². The third-order valence-electron chi connectivity index (χ3n) is 2.47. The maximum atomic E-state index is 12.0. The van der Waals surface area contributed by atoms with Crippen LogP contribution in [0.25, 0.3) is 0 Å². The summed E-state index contributed by atoms with van der Waals surface area (Å²) in [5.74, 6) is -0.514. The van der Waals surface area contributed by atoms with E-state index in [2.05, 4.69) is 15.7 Å². The molecule has 0 radical (unpaired) electrons. The average Bonchev–Trinajstić information content (AvgIpc) is 2.55. The average molecular weight is 266 g/mol. The minimum absolute atomic E-state index is 0.209. The molecule has 106 valence electrons. The van der Waals surface area contributed by atoms with Gasteiger partial charge in [0.1, 0.15) is 11.7 Å². The molecule has 1 aromatic rings. The van der Waals surface area contributed by atoms with Crippen molar-refractivity contribution in [2.24, 2.45) is 7.05 Å². The molecule has 1 aromatic heterocycles. The fourth-order valence-electron chi connectivity index (χ4n) is 1.64. The zero-order chi connectivity index (χ0) is 14.8. The zero-order valence-corrected chi connectivity index (χ0v) is 12.4. The van der Waals surface area contributed by atoms with Gasteiger partial charge in [-0.15, -0.1) is 0 Å². The fourth-order valence-corrected chi connectivity index (χ4v) is 1.64. The van der Waals surface area contributed by atoms with Crippen LogP contribution in [0.2, 0.25) is 0 Å². The summed E-state index contributed by atoms with van der Waals surface area (Å²) in [5, 5.41) is 9.58. The normalized spacial score (nSPS) is 12.9. The van der Waals surface area contributed by atoms with Crippen LogP contribution >= 0.6 is 0 Å². The first-order valence-corrected chi connectivity index (χ1v) is 6.23. The van der Waals surface area contributed by atoms with Crippen molar-refractivity contribution in [1.29, 1.82) is 0 Å². The summed E-state index contributed by atoms with van der Waals surface area (Å²) in [4.78, 5) is 23.9. The van der Waals surface area contributed by atoms with E-state index in [-0.39, 0.29) is 17.4 Å². The second-order valence-electron chi connectivity index (χ2n) is 5.73. The van der Waals surface area contributed by atoms with Gasteiger partial charge in [-0.3, -0.25) is 14.3 Å². The monoisotopic (exact) mass is 266 g/mol. The molecule has 0 aliphatic carbocycles. The Kier molecular flexibility index (Phi) is 4.34. The van der Waals surface area contributed by atoms with Gasteiger partial charge in [-0.05, 0) is 40.7 Å². The first kappa shape index (κ1) is 15.2. The maximum absolute atomic E-state index is 12.0. The van der Waals surface area contributed by atoms with Crippen LogP contribution < -0.4 is 10.6 Å². The quantitative estimate of drug-likeness (QED) is 0.848. The molecule has 0 saturated carbocycles. The fraction of sp³-hybridized carbons (Fsp3) is 0.615. The third kappa shape index (κ3) is 4.39. The Bertz CT molecular complexity index is 485. The second-order valence-corrected chi connectivity index (χ2v) is 5.73. The number of nitrogens with zero attached hydrogens (tertiary/aromatic N) is 2. The number of hydrogen-bond acceptors (Lipinski definition) is 3. The van der Waals surface area contributed by atoms with Gasteiger partial charge in [-0.1, -0.05) is 0 Å². The summed E-state index contributed by atoms with van der Waals surface area (Å²) in [7, 11) is 1.70. The van der Waals surface area contributed by atoms with E-state index in [1.807, 2.05) is 27.7 Å². The predicted molar refractivity (Wildman–Crippen MR) is 72.8 cm³/mol. The smallest absolute Gasteiger partial charge is 0.270 e. The molecule has 1 atom stereocenters. The molecule has 2 N–H and O–H groups in total. The van der Waals surface area contributed by atoms with Crippen LogP contribution in [0.4, 0.5) is 0 Å². The molecule has 2 amide bonds. The molecule has 0 aliphatic heterocycles. The molecule has 0 fully saturated rings. The number of aromatic nitrogens is 2. The van der Waals surface area contributed by atoms with Gasteiger partial charge in [-0.2, -0.15) is 5.10 Å². The summed E-state index contributed by atoms with van der Waals surface area (Å²) < 4.78 is 1.50. The molecule has 0 aliphatic rings. The van der Waals surface area contributed by atoms with Gasteiger partial charge >= 0.3 is 0 Å². The largest absolute Gasteiger partial charge is 0.350 e. The molecule has 6 nitrogen and oxygen atoms in total. The summed E-state index contributed by atoms with van der Waals surface area (Å²) in [5.41, 5.74) is 0.881. The van der Waals surface area contributed by atoms with E-state index in [4.69, 9.17) is 0 Å². The molecule has 1 rings (SSSR count). The summed E-state index contributed by atoms with van der Waals surface area (Å²) >= 11 is 0. The molecule has 0 saturated heterocycles. The van der Waals surface area contributed by atoms with Crippen molar-refractivity contribution in [3.63, 3.8) is 0 Å². The van der Waals surface area contributed by atoms with Gasteiger partial charge in [0.2, 0.25) is 5.91 Å². The molecule has 0 spiro atoms. The van der Waals surface area contributed by atoms with Gasteiger partial charge in [0.05, 0.1) is 5.69 Å².